The first-order chi connectivity index (χ1) is 3.35. The number of allylic oxidation sites excluding steroid dienone is 1. The zero-order valence-corrected chi connectivity index (χ0v) is 4.50. The van der Waals surface area contributed by atoms with Gasteiger partial charge in [-0.25, -0.2) is 4.39 Å². The molecule has 0 aliphatic heterocycles. The first kappa shape index (κ1) is 6.45. The molecule has 0 atom stereocenters. The van der Waals surface area contributed by atoms with Gasteiger partial charge in [-0.2, -0.15) is 0 Å². The van der Waals surface area contributed by atoms with Crippen LogP contribution in [0.5, 0.6) is 0 Å². The van der Waals surface area contributed by atoms with Gasteiger partial charge in [-0.1, -0.05) is 13.5 Å². The van der Waals surface area contributed by atoms with Crippen LogP contribution in [0.15, 0.2) is 17.9 Å². The molecule has 1 heteroatoms. The highest BCUT2D eigenvalue weighted by Gasteiger charge is 1.85. The number of alkyl halides is 1. The molecule has 0 unspecified atom stereocenters. The molecular formula is C6H9F. The maximum atomic E-state index is 11.5. The summed E-state index contributed by atoms with van der Waals surface area (Å²) in [5.41, 5.74) is 3.15. The van der Waals surface area contributed by atoms with Crippen molar-refractivity contribution >= 4 is 0 Å². The molecule has 0 nitrogen and oxygen atoms in total. The fraction of sp³-hybridized carbons (Fsp3) is 0.500. The third kappa shape index (κ3) is 2.18. The average Bonchev–Trinajstić information content (AvgIpc) is 1.72. The minimum atomic E-state index is -0.403. The van der Waals surface area contributed by atoms with E-state index in [2.05, 4.69) is 12.3 Å². The van der Waals surface area contributed by atoms with Crippen LogP contribution in [-0.4, -0.2) is 6.67 Å². The molecule has 0 radical (unpaired) electrons. The molecule has 0 N–H and O–H groups in total. The first-order valence-corrected chi connectivity index (χ1v) is 2.29. The highest BCUT2D eigenvalue weighted by atomic mass is 19.1. The summed E-state index contributed by atoms with van der Waals surface area (Å²) in [5, 5.41) is 0. The maximum Gasteiger partial charge on any atom is 0.118 e. The Morgan fingerprint density at radius 3 is 2.43 bits per heavy atom. The summed E-state index contributed by atoms with van der Waals surface area (Å²) in [4.78, 5) is 0. The molecular weight excluding hydrogens is 91.1 g/mol. The lowest BCUT2D eigenvalue weighted by molar-refractivity contribution is 0.535. The van der Waals surface area contributed by atoms with Crippen LogP contribution in [0.3, 0.4) is 0 Å². The molecule has 0 bridgehead atoms. The van der Waals surface area contributed by atoms with Crippen LogP contribution >= 0.6 is 0 Å². The molecule has 0 saturated heterocycles. The van der Waals surface area contributed by atoms with Crippen molar-refractivity contribution in [3.63, 3.8) is 0 Å². The van der Waals surface area contributed by atoms with Crippen molar-refractivity contribution < 1.29 is 4.39 Å². The summed E-state index contributed by atoms with van der Waals surface area (Å²) in [6.07, 6.45) is 0.722. The summed E-state index contributed by atoms with van der Waals surface area (Å²) >= 11 is 0. The molecule has 0 aromatic heterocycles. The zero-order valence-electron chi connectivity index (χ0n) is 4.50. The van der Waals surface area contributed by atoms with E-state index in [1.807, 2.05) is 6.92 Å². The summed E-state index contributed by atoms with van der Waals surface area (Å²) in [6, 6.07) is 0. The molecule has 0 amide bonds. The minimum Gasteiger partial charge on any atom is -0.246 e. The lowest BCUT2D eigenvalue weighted by Gasteiger charge is -1.86. The van der Waals surface area contributed by atoms with Crippen LogP contribution in [0.25, 0.3) is 0 Å². The van der Waals surface area contributed by atoms with Crippen LogP contribution in [0, 0.1) is 0 Å². The van der Waals surface area contributed by atoms with Crippen molar-refractivity contribution in [3.05, 3.63) is 17.9 Å². The molecule has 0 saturated carbocycles. The van der Waals surface area contributed by atoms with Crippen LogP contribution in [0.1, 0.15) is 13.3 Å². The molecule has 0 fully saturated rings. The Bertz CT molecular complexity index is 82.4. The fourth-order valence-corrected chi connectivity index (χ4v) is 0.267. The van der Waals surface area contributed by atoms with Gasteiger partial charge < -0.3 is 0 Å². The topological polar surface area (TPSA) is 0 Å². The summed E-state index contributed by atoms with van der Waals surface area (Å²) in [5.74, 6) is 0. The van der Waals surface area contributed by atoms with Gasteiger partial charge in [0.25, 0.3) is 0 Å². The van der Waals surface area contributed by atoms with Gasteiger partial charge in [0.15, 0.2) is 0 Å². The van der Waals surface area contributed by atoms with Crippen molar-refractivity contribution in [1.29, 1.82) is 0 Å². The third-order valence-electron chi connectivity index (χ3n) is 0.838. The van der Waals surface area contributed by atoms with Crippen LogP contribution in [0.4, 0.5) is 4.39 Å². The Kier molecular flexibility index (Phi) is 3.35. The molecule has 0 spiro atoms. The third-order valence-corrected chi connectivity index (χ3v) is 0.838. The Balaban J connectivity index is 3.61. The van der Waals surface area contributed by atoms with Gasteiger partial charge in [-0.15, -0.1) is 5.73 Å². The second kappa shape index (κ2) is 3.63. The predicted octanol–water partition coefficient (Wildman–Crippen LogP) is 2.08. The van der Waals surface area contributed by atoms with Gasteiger partial charge in [-0.05, 0) is 6.42 Å². The van der Waals surface area contributed by atoms with Gasteiger partial charge in [0, 0.05) is 5.57 Å². The second-order valence-corrected chi connectivity index (χ2v) is 1.27. The normalized spacial score (nSPS) is 7.71. The Hall–Kier alpha value is -0.550. The van der Waals surface area contributed by atoms with Gasteiger partial charge in [0.1, 0.15) is 6.67 Å². The Labute approximate surface area is 43.4 Å². The molecule has 0 heterocycles. The van der Waals surface area contributed by atoms with Gasteiger partial charge in [0.05, 0.1) is 0 Å². The highest BCUT2D eigenvalue weighted by molar-refractivity contribution is 4.97. The molecule has 0 rings (SSSR count). The number of rotatable bonds is 2. The van der Waals surface area contributed by atoms with E-state index >= 15 is 0 Å². The van der Waals surface area contributed by atoms with Crippen molar-refractivity contribution in [3.8, 4) is 0 Å². The largest absolute Gasteiger partial charge is 0.246 e. The number of hydrogen-bond acceptors (Lipinski definition) is 0. The number of halogens is 1. The molecule has 0 aliphatic rings. The molecule has 40 valence electrons. The Morgan fingerprint density at radius 1 is 1.86 bits per heavy atom. The Morgan fingerprint density at radius 2 is 2.43 bits per heavy atom. The van der Waals surface area contributed by atoms with E-state index in [9.17, 15) is 4.39 Å². The summed E-state index contributed by atoms with van der Waals surface area (Å²) in [6.45, 7) is 4.78. The predicted molar refractivity (Wildman–Crippen MR) is 28.9 cm³/mol. The first-order valence-electron chi connectivity index (χ1n) is 2.29. The van der Waals surface area contributed by atoms with E-state index in [1.54, 1.807) is 0 Å². The van der Waals surface area contributed by atoms with Gasteiger partial charge in [-0.3, -0.25) is 0 Å². The van der Waals surface area contributed by atoms with E-state index in [1.165, 1.54) is 0 Å². The molecule has 0 aromatic rings. The maximum absolute atomic E-state index is 11.5. The van der Waals surface area contributed by atoms with E-state index in [-0.39, 0.29) is 0 Å². The molecule has 7 heavy (non-hydrogen) atoms. The summed E-state index contributed by atoms with van der Waals surface area (Å²) < 4.78 is 11.5. The van der Waals surface area contributed by atoms with E-state index in [4.69, 9.17) is 0 Å². The van der Waals surface area contributed by atoms with E-state index in [0.717, 1.165) is 6.42 Å². The minimum absolute atomic E-state index is 0.403. The molecule has 0 aliphatic carbocycles. The van der Waals surface area contributed by atoms with E-state index < -0.39 is 6.67 Å². The van der Waals surface area contributed by atoms with Crippen molar-refractivity contribution in [2.75, 3.05) is 6.67 Å². The zero-order chi connectivity index (χ0) is 5.70. The van der Waals surface area contributed by atoms with Crippen LogP contribution < -0.4 is 0 Å². The van der Waals surface area contributed by atoms with Crippen LogP contribution in [0.2, 0.25) is 0 Å². The van der Waals surface area contributed by atoms with Gasteiger partial charge in [0.2, 0.25) is 0 Å². The second-order valence-electron chi connectivity index (χ2n) is 1.27. The average molecular weight is 100 g/mol. The van der Waals surface area contributed by atoms with Gasteiger partial charge >= 0.3 is 0 Å². The fourth-order valence-electron chi connectivity index (χ4n) is 0.267. The lowest BCUT2D eigenvalue weighted by Crippen LogP contribution is -1.77. The standard InChI is InChI=1S/C6H9F/c1-3-6(4-2)5-7/h1,4-5H2,2H3. The van der Waals surface area contributed by atoms with Crippen LogP contribution in [-0.2, 0) is 0 Å². The van der Waals surface area contributed by atoms with Crippen molar-refractivity contribution in [1.82, 2.24) is 0 Å². The SMILES string of the molecule is C=C=C(CC)CF. The number of hydrogen-bond donors (Lipinski definition) is 0. The highest BCUT2D eigenvalue weighted by Crippen LogP contribution is 1.95. The van der Waals surface area contributed by atoms with Crippen molar-refractivity contribution in [2.24, 2.45) is 0 Å². The lowest BCUT2D eigenvalue weighted by atomic mass is 10.2. The van der Waals surface area contributed by atoms with E-state index in [0.29, 0.717) is 5.57 Å². The van der Waals surface area contributed by atoms with Crippen molar-refractivity contribution in [2.45, 2.75) is 13.3 Å². The summed E-state index contributed by atoms with van der Waals surface area (Å²) in [7, 11) is 0. The molecule has 0 aromatic carbocycles. The monoisotopic (exact) mass is 100 g/mol. The quantitative estimate of drug-likeness (QED) is 0.466. The smallest absolute Gasteiger partial charge is 0.118 e.